The molecule has 17 heavy (non-hydrogen) atoms. The molecule has 0 aromatic carbocycles. The maximum absolute atomic E-state index is 13.6. The molecule has 2 rings (SSSR count). The van der Waals surface area contributed by atoms with Crippen molar-refractivity contribution in [2.24, 2.45) is 0 Å². The van der Waals surface area contributed by atoms with Crippen LogP contribution in [0.3, 0.4) is 0 Å². The lowest BCUT2D eigenvalue weighted by Gasteiger charge is -2.28. The van der Waals surface area contributed by atoms with Crippen molar-refractivity contribution in [2.75, 3.05) is 31.2 Å². The average Bonchev–Trinajstić information content (AvgIpc) is 2.39. The van der Waals surface area contributed by atoms with E-state index in [9.17, 15) is 9.50 Å². The summed E-state index contributed by atoms with van der Waals surface area (Å²) in [5.74, 6) is -0.123. The molecule has 1 unspecified atom stereocenters. The van der Waals surface area contributed by atoms with Gasteiger partial charge in [0.05, 0.1) is 19.4 Å². The molecule has 94 valence electrons. The van der Waals surface area contributed by atoms with Gasteiger partial charge in [0, 0.05) is 36.0 Å². The summed E-state index contributed by atoms with van der Waals surface area (Å²) in [4.78, 5) is 9.56. The van der Waals surface area contributed by atoms with Crippen LogP contribution < -0.4 is 8.43 Å². The summed E-state index contributed by atoms with van der Waals surface area (Å²) in [6, 6.07) is 0. The van der Waals surface area contributed by atoms with Gasteiger partial charge in [-0.05, 0) is 0 Å². The van der Waals surface area contributed by atoms with Gasteiger partial charge < -0.3 is 14.7 Å². The fourth-order valence-corrected chi connectivity index (χ4v) is 1.83. The Balaban J connectivity index is 2.25. The number of nitrogens with zero attached hydrogens (tertiary/aromatic N) is 3. The van der Waals surface area contributed by atoms with E-state index in [0.29, 0.717) is 26.3 Å². The van der Waals surface area contributed by atoms with Gasteiger partial charge in [0.1, 0.15) is 0 Å². The van der Waals surface area contributed by atoms with Gasteiger partial charge in [0.2, 0.25) is 0 Å². The Morgan fingerprint density at radius 1 is 1.53 bits per heavy atom. The molecular weight excluding hydrogens is 342 g/mol. The Bertz CT molecular complexity index is 389. The Labute approximate surface area is 112 Å². The largest absolute Gasteiger partial charge is 0.378 e. The molecular formula is C9H12FIN4O2. The summed E-state index contributed by atoms with van der Waals surface area (Å²) in [6.45, 7) is 2.26. The number of hydrogen-bond acceptors (Lipinski definition) is 6. The van der Waals surface area contributed by atoms with E-state index in [0.717, 1.165) is 6.20 Å². The summed E-state index contributed by atoms with van der Waals surface area (Å²) in [5, 5.41) is 9.53. The number of aliphatic hydroxyl groups excluding tert-OH is 1. The van der Waals surface area contributed by atoms with Crippen LogP contribution in [0.2, 0.25) is 0 Å². The van der Waals surface area contributed by atoms with Crippen LogP contribution in [0.4, 0.5) is 10.2 Å². The van der Waals surface area contributed by atoms with E-state index in [1.54, 1.807) is 27.8 Å². The number of morpholine rings is 1. The number of halogens is 2. The monoisotopic (exact) mass is 354 g/mol. The number of rotatable bonds is 3. The number of ether oxygens (including phenoxy) is 1. The third-order valence-electron chi connectivity index (χ3n) is 2.40. The van der Waals surface area contributed by atoms with Gasteiger partial charge in [-0.15, -0.1) is 0 Å². The molecule has 1 fully saturated rings. The van der Waals surface area contributed by atoms with Gasteiger partial charge in [-0.3, -0.25) is 0 Å². The quantitative estimate of drug-likeness (QED) is 0.465. The Morgan fingerprint density at radius 2 is 2.24 bits per heavy atom. The molecule has 8 heteroatoms. The van der Waals surface area contributed by atoms with Gasteiger partial charge in [0.15, 0.2) is 23.7 Å². The molecule has 0 spiro atoms. The molecule has 6 nitrogen and oxygen atoms in total. The predicted molar refractivity (Wildman–Crippen MR) is 67.1 cm³/mol. The summed E-state index contributed by atoms with van der Waals surface area (Å²) in [6.07, 6.45) is 0.0700. The van der Waals surface area contributed by atoms with Crippen molar-refractivity contribution < 1.29 is 14.2 Å². The van der Waals surface area contributed by atoms with Crippen LogP contribution in [0.25, 0.3) is 0 Å². The van der Waals surface area contributed by atoms with Gasteiger partial charge in [-0.1, -0.05) is 0 Å². The molecule has 0 radical (unpaired) electrons. The van der Waals surface area contributed by atoms with Crippen molar-refractivity contribution in [3.63, 3.8) is 0 Å². The second-order valence-corrected chi connectivity index (χ2v) is 4.13. The SMILES string of the molecule is OC(NI)c1ncc(F)c(N2CCOCC2)n1. The fourth-order valence-electron chi connectivity index (χ4n) is 1.55. The molecule has 1 aromatic rings. The molecule has 1 aromatic heterocycles. The number of aromatic nitrogens is 2. The van der Waals surface area contributed by atoms with Crippen molar-refractivity contribution in [1.29, 1.82) is 0 Å². The normalized spacial score (nSPS) is 18.2. The minimum atomic E-state index is -1.00. The second kappa shape index (κ2) is 5.85. The molecule has 1 aliphatic heterocycles. The van der Waals surface area contributed by atoms with Crippen molar-refractivity contribution in [3.05, 3.63) is 17.8 Å². The Hall–Kier alpha value is -0.580. The number of anilines is 1. The highest BCUT2D eigenvalue weighted by Gasteiger charge is 2.19. The second-order valence-electron chi connectivity index (χ2n) is 3.51. The van der Waals surface area contributed by atoms with E-state index in [2.05, 4.69) is 13.5 Å². The molecule has 1 aliphatic rings. The highest BCUT2D eigenvalue weighted by atomic mass is 127. The highest BCUT2D eigenvalue weighted by Crippen LogP contribution is 2.18. The van der Waals surface area contributed by atoms with Gasteiger partial charge in [-0.2, -0.15) is 0 Å². The van der Waals surface area contributed by atoms with Crippen LogP contribution in [0.1, 0.15) is 12.1 Å². The zero-order valence-corrected chi connectivity index (χ0v) is 11.1. The standard InChI is InChI=1S/C9H12FIN4O2/c10-6-5-12-7(9(16)14-11)13-8(6)15-1-3-17-4-2-15/h5,9,14,16H,1-4H2. The van der Waals surface area contributed by atoms with Crippen molar-refractivity contribution >= 4 is 28.7 Å². The maximum Gasteiger partial charge on any atom is 0.183 e. The van der Waals surface area contributed by atoms with E-state index in [1.165, 1.54) is 0 Å². The molecule has 0 amide bonds. The fraction of sp³-hybridized carbons (Fsp3) is 0.556. The first-order chi connectivity index (χ1) is 8.22. The van der Waals surface area contributed by atoms with E-state index >= 15 is 0 Å². The topological polar surface area (TPSA) is 70.5 Å². The lowest BCUT2D eigenvalue weighted by molar-refractivity contribution is 0.121. The van der Waals surface area contributed by atoms with Crippen LogP contribution in [0.5, 0.6) is 0 Å². The molecule has 0 bridgehead atoms. The molecule has 2 N–H and O–H groups in total. The summed E-state index contributed by atoms with van der Waals surface area (Å²) in [5.41, 5.74) is 0. The molecule has 1 saturated heterocycles. The van der Waals surface area contributed by atoms with E-state index in [4.69, 9.17) is 4.74 Å². The zero-order chi connectivity index (χ0) is 12.3. The van der Waals surface area contributed by atoms with E-state index < -0.39 is 12.0 Å². The van der Waals surface area contributed by atoms with Crippen LogP contribution >= 0.6 is 22.9 Å². The van der Waals surface area contributed by atoms with Crippen LogP contribution in [0, 0.1) is 5.82 Å². The number of aliphatic hydroxyl groups is 1. The average molecular weight is 354 g/mol. The summed E-state index contributed by atoms with van der Waals surface area (Å²) < 4.78 is 21.4. The Morgan fingerprint density at radius 3 is 2.88 bits per heavy atom. The first-order valence-electron chi connectivity index (χ1n) is 5.11. The van der Waals surface area contributed by atoms with E-state index in [1.807, 2.05) is 0 Å². The van der Waals surface area contributed by atoms with Crippen LogP contribution in [0.15, 0.2) is 6.20 Å². The van der Waals surface area contributed by atoms with Crippen molar-refractivity contribution in [1.82, 2.24) is 13.5 Å². The summed E-state index contributed by atoms with van der Waals surface area (Å²) in [7, 11) is 0. The highest BCUT2D eigenvalue weighted by molar-refractivity contribution is 14.1. The molecule has 2 heterocycles. The first-order valence-corrected chi connectivity index (χ1v) is 6.19. The molecule has 1 atom stereocenters. The zero-order valence-electron chi connectivity index (χ0n) is 8.94. The minimum Gasteiger partial charge on any atom is -0.378 e. The minimum absolute atomic E-state index is 0.155. The predicted octanol–water partition coefficient (Wildman–Crippen LogP) is 0.383. The van der Waals surface area contributed by atoms with Gasteiger partial charge in [0.25, 0.3) is 0 Å². The maximum atomic E-state index is 13.6. The van der Waals surface area contributed by atoms with Crippen molar-refractivity contribution in [2.45, 2.75) is 6.23 Å². The number of hydrogen-bond donors (Lipinski definition) is 2. The third kappa shape index (κ3) is 3.00. The lowest BCUT2D eigenvalue weighted by Crippen LogP contribution is -2.37. The molecule has 0 saturated carbocycles. The summed E-state index contributed by atoms with van der Waals surface area (Å²) >= 11 is 1.78. The first kappa shape index (κ1) is 12.9. The Kier molecular flexibility index (Phi) is 4.42. The van der Waals surface area contributed by atoms with E-state index in [-0.39, 0.29) is 11.6 Å². The van der Waals surface area contributed by atoms with Gasteiger partial charge in [-0.25, -0.2) is 17.9 Å². The number of nitrogens with one attached hydrogen (secondary N) is 1. The van der Waals surface area contributed by atoms with Crippen LogP contribution in [-0.2, 0) is 4.74 Å². The van der Waals surface area contributed by atoms with Crippen LogP contribution in [-0.4, -0.2) is 41.4 Å². The molecule has 0 aliphatic carbocycles. The third-order valence-corrected chi connectivity index (χ3v) is 2.99. The van der Waals surface area contributed by atoms with Crippen molar-refractivity contribution in [3.8, 4) is 0 Å². The lowest BCUT2D eigenvalue weighted by atomic mass is 10.4. The van der Waals surface area contributed by atoms with Gasteiger partial charge >= 0.3 is 0 Å². The smallest absolute Gasteiger partial charge is 0.183 e.